The molecule has 0 spiro atoms. The molecule has 0 radical (unpaired) electrons. The minimum absolute atomic E-state index is 0.122. The third-order valence-corrected chi connectivity index (χ3v) is 1.28. The predicted octanol–water partition coefficient (Wildman–Crippen LogP) is -0.312. The molecule has 11 heavy (non-hydrogen) atoms. The van der Waals surface area contributed by atoms with Gasteiger partial charge < -0.3 is 10.2 Å². The van der Waals surface area contributed by atoms with E-state index in [0.717, 1.165) is 6.54 Å². The average molecular weight is 154 g/mol. The Labute approximate surface area is 67.8 Å². The van der Waals surface area contributed by atoms with Gasteiger partial charge in [0, 0.05) is 20.1 Å². The summed E-state index contributed by atoms with van der Waals surface area (Å²) < 4.78 is 0. The lowest BCUT2D eigenvalue weighted by atomic mass is 10.5. The Morgan fingerprint density at radius 1 is 1.64 bits per heavy atom. The van der Waals surface area contributed by atoms with Crippen LogP contribution in [0.5, 0.6) is 0 Å². The van der Waals surface area contributed by atoms with Crippen LogP contribution in [0.15, 0.2) is 0 Å². The van der Waals surface area contributed by atoms with E-state index in [1.165, 1.54) is 0 Å². The standard InChI is InChI=1S/C8H14N2O/c1-4-5-8(11)10(3)7-6-9-2/h9H,6-7H2,1-3H3. The average Bonchev–Trinajstić information content (AvgIpc) is 2.00. The fourth-order valence-electron chi connectivity index (χ4n) is 0.583. The highest BCUT2D eigenvalue weighted by atomic mass is 16.2. The number of amides is 1. The number of hydrogen-bond acceptors (Lipinski definition) is 2. The van der Waals surface area contributed by atoms with Gasteiger partial charge in [0.25, 0.3) is 5.91 Å². The summed E-state index contributed by atoms with van der Waals surface area (Å²) in [5.41, 5.74) is 0. The number of likely N-dealkylation sites (N-methyl/N-ethyl adjacent to an activating group) is 2. The third-order valence-electron chi connectivity index (χ3n) is 1.28. The minimum Gasteiger partial charge on any atom is -0.334 e. The van der Waals surface area contributed by atoms with Gasteiger partial charge in [-0.2, -0.15) is 0 Å². The molecule has 0 heterocycles. The fourth-order valence-corrected chi connectivity index (χ4v) is 0.583. The topological polar surface area (TPSA) is 32.3 Å². The van der Waals surface area contributed by atoms with Crippen molar-refractivity contribution < 1.29 is 4.79 Å². The van der Waals surface area contributed by atoms with Crippen LogP contribution in [-0.2, 0) is 4.79 Å². The molecular formula is C8H14N2O. The molecule has 0 aromatic heterocycles. The van der Waals surface area contributed by atoms with Gasteiger partial charge in [0.1, 0.15) is 0 Å². The van der Waals surface area contributed by atoms with Crippen molar-refractivity contribution in [2.45, 2.75) is 6.92 Å². The fraction of sp³-hybridized carbons (Fsp3) is 0.625. The first-order valence-electron chi connectivity index (χ1n) is 3.54. The molecule has 0 saturated heterocycles. The van der Waals surface area contributed by atoms with Gasteiger partial charge in [0.2, 0.25) is 0 Å². The number of hydrogen-bond donors (Lipinski definition) is 1. The first-order chi connectivity index (χ1) is 5.22. The zero-order valence-electron chi connectivity index (χ0n) is 7.27. The zero-order valence-corrected chi connectivity index (χ0v) is 7.27. The SMILES string of the molecule is CC#CC(=O)N(C)CCNC. The van der Waals surface area contributed by atoms with Crippen molar-refractivity contribution in [1.29, 1.82) is 0 Å². The van der Waals surface area contributed by atoms with Gasteiger partial charge in [-0.15, -0.1) is 0 Å². The van der Waals surface area contributed by atoms with Crippen molar-refractivity contribution in [3.63, 3.8) is 0 Å². The second-order valence-corrected chi connectivity index (χ2v) is 2.21. The third kappa shape index (κ3) is 4.40. The lowest BCUT2D eigenvalue weighted by molar-refractivity contribution is -0.123. The summed E-state index contributed by atoms with van der Waals surface area (Å²) in [5, 5.41) is 2.95. The predicted molar refractivity (Wildman–Crippen MR) is 45.0 cm³/mol. The van der Waals surface area contributed by atoms with Gasteiger partial charge in [-0.1, -0.05) is 5.92 Å². The van der Waals surface area contributed by atoms with Crippen LogP contribution in [0, 0.1) is 11.8 Å². The van der Waals surface area contributed by atoms with Crippen molar-refractivity contribution in [2.24, 2.45) is 0 Å². The van der Waals surface area contributed by atoms with Crippen LogP contribution in [0.2, 0.25) is 0 Å². The van der Waals surface area contributed by atoms with Gasteiger partial charge in [0.15, 0.2) is 0 Å². The Bertz CT molecular complexity index is 178. The first-order valence-corrected chi connectivity index (χ1v) is 3.54. The summed E-state index contributed by atoms with van der Waals surface area (Å²) in [6, 6.07) is 0. The molecule has 3 nitrogen and oxygen atoms in total. The van der Waals surface area contributed by atoms with Crippen LogP contribution < -0.4 is 5.32 Å². The number of carbonyl (C=O) groups is 1. The molecule has 0 aliphatic carbocycles. The second-order valence-electron chi connectivity index (χ2n) is 2.21. The summed E-state index contributed by atoms with van der Waals surface area (Å²) in [7, 11) is 3.59. The summed E-state index contributed by atoms with van der Waals surface area (Å²) in [4.78, 5) is 12.6. The summed E-state index contributed by atoms with van der Waals surface area (Å²) in [6.45, 7) is 3.15. The van der Waals surface area contributed by atoms with Crippen molar-refractivity contribution in [3.05, 3.63) is 0 Å². The van der Waals surface area contributed by atoms with E-state index in [-0.39, 0.29) is 5.91 Å². The molecule has 0 atom stereocenters. The second kappa shape index (κ2) is 5.75. The van der Waals surface area contributed by atoms with Crippen molar-refractivity contribution in [3.8, 4) is 11.8 Å². The van der Waals surface area contributed by atoms with Gasteiger partial charge in [0.05, 0.1) is 0 Å². The lowest BCUT2D eigenvalue weighted by Crippen LogP contribution is -2.31. The summed E-state index contributed by atoms with van der Waals surface area (Å²) in [5.74, 6) is 4.90. The number of carbonyl (C=O) groups excluding carboxylic acids is 1. The highest BCUT2D eigenvalue weighted by molar-refractivity contribution is 5.93. The van der Waals surface area contributed by atoms with Gasteiger partial charge in [-0.25, -0.2) is 0 Å². The normalized spacial score (nSPS) is 8.27. The Hall–Kier alpha value is -1.01. The highest BCUT2D eigenvalue weighted by Gasteiger charge is 2.01. The highest BCUT2D eigenvalue weighted by Crippen LogP contribution is 1.80. The van der Waals surface area contributed by atoms with E-state index in [2.05, 4.69) is 17.2 Å². The van der Waals surface area contributed by atoms with Crippen LogP contribution in [0.25, 0.3) is 0 Å². The molecule has 0 aromatic rings. The summed E-state index contributed by atoms with van der Waals surface area (Å²) in [6.07, 6.45) is 0. The molecule has 0 aliphatic rings. The van der Waals surface area contributed by atoms with E-state index in [0.29, 0.717) is 6.54 Å². The quantitative estimate of drug-likeness (QED) is 0.565. The molecule has 0 rings (SSSR count). The maximum atomic E-state index is 11.0. The smallest absolute Gasteiger partial charge is 0.298 e. The van der Waals surface area contributed by atoms with Crippen molar-refractivity contribution >= 4 is 5.91 Å². The van der Waals surface area contributed by atoms with E-state index in [9.17, 15) is 4.79 Å². The largest absolute Gasteiger partial charge is 0.334 e. The molecule has 0 fully saturated rings. The van der Waals surface area contributed by atoms with Crippen LogP contribution >= 0.6 is 0 Å². The maximum Gasteiger partial charge on any atom is 0.298 e. The van der Waals surface area contributed by atoms with E-state index < -0.39 is 0 Å². The Morgan fingerprint density at radius 2 is 2.27 bits per heavy atom. The number of rotatable bonds is 3. The van der Waals surface area contributed by atoms with E-state index in [4.69, 9.17) is 0 Å². The molecule has 0 bridgehead atoms. The Morgan fingerprint density at radius 3 is 2.73 bits per heavy atom. The minimum atomic E-state index is -0.122. The molecule has 3 heteroatoms. The van der Waals surface area contributed by atoms with Crippen molar-refractivity contribution in [2.75, 3.05) is 27.2 Å². The number of nitrogens with zero attached hydrogens (tertiary/aromatic N) is 1. The van der Waals surface area contributed by atoms with Crippen LogP contribution in [0.1, 0.15) is 6.92 Å². The van der Waals surface area contributed by atoms with Crippen LogP contribution in [-0.4, -0.2) is 38.0 Å². The Balaban J connectivity index is 3.70. The van der Waals surface area contributed by atoms with E-state index in [1.807, 2.05) is 7.05 Å². The van der Waals surface area contributed by atoms with E-state index >= 15 is 0 Å². The Kier molecular flexibility index (Phi) is 5.22. The first kappa shape index (κ1) is 9.99. The molecular weight excluding hydrogens is 140 g/mol. The molecule has 0 aliphatic heterocycles. The van der Waals surface area contributed by atoms with Gasteiger partial charge >= 0.3 is 0 Å². The van der Waals surface area contributed by atoms with Crippen LogP contribution in [0.4, 0.5) is 0 Å². The van der Waals surface area contributed by atoms with Gasteiger partial charge in [-0.05, 0) is 19.9 Å². The number of nitrogens with one attached hydrogen (secondary N) is 1. The van der Waals surface area contributed by atoms with Gasteiger partial charge in [-0.3, -0.25) is 4.79 Å². The van der Waals surface area contributed by atoms with Crippen LogP contribution in [0.3, 0.4) is 0 Å². The molecule has 0 unspecified atom stereocenters. The lowest BCUT2D eigenvalue weighted by Gasteiger charge is -2.12. The molecule has 0 aromatic carbocycles. The monoisotopic (exact) mass is 154 g/mol. The molecule has 62 valence electrons. The maximum absolute atomic E-state index is 11.0. The van der Waals surface area contributed by atoms with Crippen molar-refractivity contribution in [1.82, 2.24) is 10.2 Å². The molecule has 1 N–H and O–H groups in total. The molecule has 0 saturated carbocycles. The summed E-state index contributed by atoms with van der Waals surface area (Å²) >= 11 is 0. The van der Waals surface area contributed by atoms with E-state index in [1.54, 1.807) is 18.9 Å². The zero-order chi connectivity index (χ0) is 8.69. The molecule has 1 amide bonds.